The van der Waals surface area contributed by atoms with Crippen LogP contribution in [0.1, 0.15) is 165 Å². The van der Waals surface area contributed by atoms with Gasteiger partial charge < -0.3 is 15.5 Å². The summed E-state index contributed by atoms with van der Waals surface area (Å²) in [7, 11) is 0. The van der Waals surface area contributed by atoms with Gasteiger partial charge in [-0.2, -0.15) is 10.1 Å². The van der Waals surface area contributed by atoms with E-state index in [0.717, 1.165) is 56.1 Å². The highest BCUT2D eigenvalue weighted by atomic mass is 16.7. The number of piperidine rings is 2. The monoisotopic (exact) mass is 776 g/mol. The number of primary amides is 1. The van der Waals surface area contributed by atoms with Crippen molar-refractivity contribution < 1.29 is 19.3 Å². The maximum absolute atomic E-state index is 15.0. The SMILES string of the molecule is CCCCN(C(=O)CN(C(N)=O)C1CC(C)(CC)N(OC(C)c2ccccc2)C(C)(CC)C1C)C1CC(C)(CC)N(OC(C)c2ccccc2)C(C)(CC)C1C. The standard InChI is InChI=1S/C47H77N5O4/c1-14-19-30-49(40-31-44(10,15-2)51(46(12,17-4)34(40)6)55-36(8)38-26-22-20-23-27-38)42(53)33-50(43(48)54)41-32-45(11,16-3)52(47(13,18-5)35(41)7)56-37(9)39-28-24-21-25-29-39/h20-29,34-37,40-41H,14-19,30-33H2,1-13H3,(H2,48,54). The minimum Gasteiger partial charge on any atom is -0.351 e. The molecule has 4 rings (SSSR count). The van der Waals surface area contributed by atoms with Gasteiger partial charge in [-0.1, -0.05) is 116 Å². The Bertz CT molecular complexity index is 1560. The van der Waals surface area contributed by atoms with Crippen LogP contribution in [0.3, 0.4) is 0 Å². The highest BCUT2D eigenvalue weighted by molar-refractivity contribution is 5.84. The first-order valence-electron chi connectivity index (χ1n) is 21.8. The average molecular weight is 776 g/mol. The fraction of sp³-hybridized carbons (Fsp3) is 0.702. The molecule has 2 aliphatic heterocycles. The van der Waals surface area contributed by atoms with E-state index in [1.54, 1.807) is 4.90 Å². The Balaban J connectivity index is 1.67. The molecule has 9 nitrogen and oxygen atoms in total. The lowest BCUT2D eigenvalue weighted by molar-refractivity contribution is -0.331. The molecule has 314 valence electrons. The van der Waals surface area contributed by atoms with Crippen LogP contribution in [-0.2, 0) is 14.5 Å². The van der Waals surface area contributed by atoms with E-state index >= 15 is 4.79 Å². The zero-order chi connectivity index (χ0) is 41.6. The van der Waals surface area contributed by atoms with Gasteiger partial charge in [0.25, 0.3) is 0 Å². The van der Waals surface area contributed by atoms with Gasteiger partial charge in [0.2, 0.25) is 5.91 Å². The lowest BCUT2D eigenvalue weighted by Gasteiger charge is -2.62. The molecule has 2 heterocycles. The second-order valence-corrected chi connectivity index (χ2v) is 18.1. The number of urea groups is 1. The molecule has 0 saturated carbocycles. The van der Waals surface area contributed by atoms with Crippen LogP contribution < -0.4 is 5.73 Å². The number of hydroxylamine groups is 4. The van der Waals surface area contributed by atoms with E-state index in [2.05, 4.69) is 141 Å². The molecule has 2 aromatic carbocycles. The molecule has 0 bridgehead atoms. The van der Waals surface area contributed by atoms with Crippen LogP contribution in [0.15, 0.2) is 60.7 Å². The summed E-state index contributed by atoms with van der Waals surface area (Å²) in [5, 5.41) is 4.53. The van der Waals surface area contributed by atoms with Crippen molar-refractivity contribution >= 4 is 11.9 Å². The second kappa shape index (κ2) is 18.7. The van der Waals surface area contributed by atoms with Crippen molar-refractivity contribution in [3.63, 3.8) is 0 Å². The Morgan fingerprint density at radius 2 is 1.09 bits per heavy atom. The molecule has 10 unspecified atom stereocenters. The molecule has 56 heavy (non-hydrogen) atoms. The molecule has 2 aliphatic rings. The van der Waals surface area contributed by atoms with E-state index in [9.17, 15) is 4.79 Å². The topological polar surface area (TPSA) is 91.6 Å². The zero-order valence-corrected chi connectivity index (χ0v) is 37.3. The van der Waals surface area contributed by atoms with Crippen LogP contribution >= 0.6 is 0 Å². The maximum Gasteiger partial charge on any atom is 0.315 e. The number of nitrogens with two attached hydrogens (primary N) is 1. The van der Waals surface area contributed by atoms with Crippen LogP contribution in [-0.4, -0.2) is 79.2 Å². The number of rotatable bonds is 17. The van der Waals surface area contributed by atoms with Crippen LogP contribution in [0.25, 0.3) is 0 Å². The van der Waals surface area contributed by atoms with E-state index in [1.807, 2.05) is 24.3 Å². The molecule has 0 radical (unpaired) electrons. The summed E-state index contributed by atoms with van der Waals surface area (Å²) < 4.78 is 0. The first kappa shape index (κ1) is 45.7. The van der Waals surface area contributed by atoms with E-state index in [0.29, 0.717) is 13.0 Å². The predicted molar refractivity (Wildman–Crippen MR) is 228 cm³/mol. The minimum absolute atomic E-state index is 0.0296. The van der Waals surface area contributed by atoms with Crippen molar-refractivity contribution in [1.29, 1.82) is 0 Å². The number of unbranched alkanes of at least 4 members (excludes halogenated alkanes) is 1. The summed E-state index contributed by atoms with van der Waals surface area (Å²) in [6.45, 7) is 29.4. The Morgan fingerprint density at radius 1 is 0.696 bits per heavy atom. The summed E-state index contributed by atoms with van der Waals surface area (Å²) in [5.74, 6) is 0.0331. The molecule has 2 fully saturated rings. The molecule has 0 aromatic heterocycles. The molecule has 0 spiro atoms. The van der Waals surface area contributed by atoms with Gasteiger partial charge in [-0.3, -0.25) is 14.5 Å². The molecule has 10 atom stereocenters. The van der Waals surface area contributed by atoms with Crippen molar-refractivity contribution in [2.75, 3.05) is 13.1 Å². The maximum atomic E-state index is 15.0. The smallest absolute Gasteiger partial charge is 0.315 e. The van der Waals surface area contributed by atoms with Crippen LogP contribution in [0.5, 0.6) is 0 Å². The molecule has 2 saturated heterocycles. The van der Waals surface area contributed by atoms with Gasteiger partial charge in [0, 0.05) is 40.8 Å². The number of carbonyl (C=O) groups is 2. The lowest BCUT2D eigenvalue weighted by atomic mass is 9.67. The van der Waals surface area contributed by atoms with Gasteiger partial charge in [0.15, 0.2) is 0 Å². The third-order valence-corrected chi connectivity index (χ3v) is 14.8. The summed E-state index contributed by atoms with van der Waals surface area (Å²) in [6, 6.07) is 19.9. The van der Waals surface area contributed by atoms with E-state index in [1.165, 1.54) is 0 Å². The third-order valence-electron chi connectivity index (χ3n) is 14.8. The second-order valence-electron chi connectivity index (χ2n) is 18.1. The molecule has 9 heteroatoms. The number of carbonyl (C=O) groups excluding carboxylic acids is 2. The van der Waals surface area contributed by atoms with Gasteiger partial charge in [-0.15, -0.1) is 0 Å². The number of nitrogens with zero attached hydrogens (tertiary/aromatic N) is 4. The van der Waals surface area contributed by atoms with E-state index in [-0.39, 0.29) is 59.7 Å². The normalized spacial score (nSPS) is 32.4. The molecule has 3 amide bonds. The van der Waals surface area contributed by atoms with Crippen molar-refractivity contribution in [2.45, 2.75) is 188 Å². The highest BCUT2D eigenvalue weighted by Crippen LogP contribution is 2.50. The Hall–Kier alpha value is -2.98. The highest BCUT2D eigenvalue weighted by Gasteiger charge is 2.58. The minimum atomic E-state index is -0.544. The van der Waals surface area contributed by atoms with Gasteiger partial charge in [-0.05, 0) is 109 Å². The first-order chi connectivity index (χ1) is 26.4. The molecule has 0 aliphatic carbocycles. The van der Waals surface area contributed by atoms with Crippen molar-refractivity contribution in [3.05, 3.63) is 71.8 Å². The Morgan fingerprint density at radius 3 is 1.43 bits per heavy atom. The number of benzene rings is 2. The summed E-state index contributed by atoms with van der Waals surface area (Å²) in [6.07, 6.45) is 6.31. The van der Waals surface area contributed by atoms with Crippen molar-refractivity contribution in [2.24, 2.45) is 17.6 Å². The number of hydrogen-bond acceptors (Lipinski definition) is 6. The average Bonchev–Trinajstić information content (AvgIpc) is 3.21. The number of hydrogen-bond donors (Lipinski definition) is 1. The molecular weight excluding hydrogens is 699 g/mol. The van der Waals surface area contributed by atoms with Crippen LogP contribution in [0.4, 0.5) is 4.79 Å². The third kappa shape index (κ3) is 9.01. The van der Waals surface area contributed by atoms with Crippen LogP contribution in [0, 0.1) is 11.8 Å². The first-order valence-corrected chi connectivity index (χ1v) is 21.8. The zero-order valence-electron chi connectivity index (χ0n) is 37.3. The lowest BCUT2D eigenvalue weighted by Crippen LogP contribution is -2.72. The van der Waals surface area contributed by atoms with Gasteiger partial charge in [0.05, 0.1) is 0 Å². The quantitative estimate of drug-likeness (QED) is 0.172. The summed E-state index contributed by atoms with van der Waals surface area (Å²) >= 11 is 0. The summed E-state index contributed by atoms with van der Waals surface area (Å²) in [5.41, 5.74) is 7.06. The van der Waals surface area contributed by atoms with Crippen LogP contribution in [0.2, 0.25) is 0 Å². The summed E-state index contributed by atoms with van der Waals surface area (Å²) in [4.78, 5) is 46.4. The Kier molecular flexibility index (Phi) is 15.3. The van der Waals surface area contributed by atoms with Crippen molar-refractivity contribution in [3.8, 4) is 0 Å². The Labute approximate surface area is 340 Å². The van der Waals surface area contributed by atoms with Gasteiger partial charge in [0.1, 0.15) is 18.8 Å². The van der Waals surface area contributed by atoms with Crippen molar-refractivity contribution in [1.82, 2.24) is 19.9 Å². The fourth-order valence-corrected chi connectivity index (χ4v) is 9.90. The van der Waals surface area contributed by atoms with E-state index < -0.39 is 17.1 Å². The molecule has 2 N–H and O–H groups in total. The predicted octanol–water partition coefficient (Wildman–Crippen LogP) is 10.5. The van der Waals surface area contributed by atoms with Gasteiger partial charge in [-0.25, -0.2) is 4.79 Å². The van der Waals surface area contributed by atoms with E-state index in [4.69, 9.17) is 15.4 Å². The number of amides is 3. The molecular formula is C47H77N5O4. The fourth-order valence-electron chi connectivity index (χ4n) is 9.90. The van der Waals surface area contributed by atoms with Gasteiger partial charge >= 0.3 is 6.03 Å². The largest absolute Gasteiger partial charge is 0.351 e. The molecule has 2 aromatic rings.